The van der Waals surface area contributed by atoms with E-state index in [4.69, 9.17) is 5.11 Å². The first-order chi connectivity index (χ1) is 9.87. The number of piperidine rings is 1. The van der Waals surface area contributed by atoms with Gasteiger partial charge < -0.3 is 15.1 Å². The van der Waals surface area contributed by atoms with Crippen molar-refractivity contribution in [1.82, 2.24) is 9.88 Å². The van der Waals surface area contributed by atoms with Crippen molar-refractivity contribution >= 4 is 5.91 Å². The number of aliphatic hydroxyl groups excluding tert-OH is 2. The number of nitrogens with zero attached hydrogens (tertiary/aromatic N) is 2. The minimum absolute atomic E-state index is 0.0155. The van der Waals surface area contributed by atoms with Gasteiger partial charge in [0.2, 0.25) is 5.91 Å². The molecule has 7 heteroatoms. The van der Waals surface area contributed by atoms with Crippen LogP contribution in [0.1, 0.15) is 37.1 Å². The lowest BCUT2D eigenvalue weighted by Gasteiger charge is -2.35. The highest BCUT2D eigenvalue weighted by molar-refractivity contribution is 5.73. The molecule has 5 nitrogen and oxygen atoms in total. The van der Waals surface area contributed by atoms with Crippen LogP contribution < -0.4 is 0 Å². The minimum Gasteiger partial charge on any atom is -0.393 e. The van der Waals surface area contributed by atoms with Gasteiger partial charge in [-0.3, -0.25) is 9.78 Å². The molecule has 0 bridgehead atoms. The van der Waals surface area contributed by atoms with Crippen LogP contribution in [0.2, 0.25) is 0 Å². The molecular formula is C14H18F2N2O3. The number of amides is 1. The maximum absolute atomic E-state index is 14.9. The molecule has 1 aliphatic heterocycles. The Morgan fingerprint density at radius 2 is 2.14 bits per heavy atom. The van der Waals surface area contributed by atoms with Gasteiger partial charge in [-0.05, 0) is 6.07 Å². The van der Waals surface area contributed by atoms with Crippen LogP contribution in [0.4, 0.5) is 8.78 Å². The fraction of sp³-hybridized carbons (Fsp3) is 0.571. The summed E-state index contributed by atoms with van der Waals surface area (Å²) >= 11 is 0. The van der Waals surface area contributed by atoms with E-state index in [2.05, 4.69) is 4.98 Å². The van der Waals surface area contributed by atoms with Crippen molar-refractivity contribution in [1.29, 1.82) is 0 Å². The summed E-state index contributed by atoms with van der Waals surface area (Å²) in [5, 5.41) is 18.2. The number of aliphatic hydroxyl groups is 2. The number of likely N-dealkylation sites (tertiary alicyclic amines) is 1. The van der Waals surface area contributed by atoms with Crippen molar-refractivity contribution in [3.8, 4) is 0 Å². The standard InChI is InChI=1S/C14H18F2N2O3/c1-9(20)18-4-2-14(16,3-5-18)13-11(15)6-10(7-17-13)12(21)8-19/h6-7,12,19,21H,2-5,8H2,1H3/t12-/m1/s1. The number of hydrogen-bond donors (Lipinski definition) is 2. The van der Waals surface area contributed by atoms with Gasteiger partial charge in [-0.25, -0.2) is 8.78 Å². The molecule has 0 radical (unpaired) electrons. The highest BCUT2D eigenvalue weighted by Gasteiger charge is 2.40. The van der Waals surface area contributed by atoms with Crippen molar-refractivity contribution in [2.75, 3.05) is 19.7 Å². The minimum atomic E-state index is -1.92. The van der Waals surface area contributed by atoms with Crippen molar-refractivity contribution in [2.24, 2.45) is 0 Å². The van der Waals surface area contributed by atoms with E-state index in [0.29, 0.717) is 0 Å². The molecule has 0 aromatic carbocycles. The van der Waals surface area contributed by atoms with Gasteiger partial charge in [-0.1, -0.05) is 0 Å². The second-order valence-corrected chi connectivity index (χ2v) is 5.27. The van der Waals surface area contributed by atoms with E-state index >= 15 is 0 Å². The molecule has 1 atom stereocenters. The maximum atomic E-state index is 14.9. The molecular weight excluding hydrogens is 282 g/mol. The number of alkyl halides is 1. The molecule has 1 fully saturated rings. The summed E-state index contributed by atoms with van der Waals surface area (Å²) in [5.74, 6) is -0.981. The van der Waals surface area contributed by atoms with Gasteiger partial charge in [-0.15, -0.1) is 0 Å². The topological polar surface area (TPSA) is 73.7 Å². The van der Waals surface area contributed by atoms with Crippen molar-refractivity contribution in [3.63, 3.8) is 0 Å². The van der Waals surface area contributed by atoms with Crippen molar-refractivity contribution in [2.45, 2.75) is 31.5 Å². The maximum Gasteiger partial charge on any atom is 0.219 e. The molecule has 0 saturated carbocycles. The first kappa shape index (κ1) is 15.8. The molecule has 1 saturated heterocycles. The summed E-state index contributed by atoms with van der Waals surface area (Å²) in [6.45, 7) is 1.28. The number of carbonyl (C=O) groups is 1. The molecule has 2 rings (SSSR count). The number of halogens is 2. The van der Waals surface area contributed by atoms with Crippen LogP contribution in [0.5, 0.6) is 0 Å². The fourth-order valence-electron chi connectivity index (χ4n) is 2.48. The van der Waals surface area contributed by atoms with E-state index in [0.717, 1.165) is 12.3 Å². The van der Waals surface area contributed by atoms with E-state index in [9.17, 15) is 18.7 Å². The van der Waals surface area contributed by atoms with Gasteiger partial charge in [0.25, 0.3) is 0 Å². The fourth-order valence-corrected chi connectivity index (χ4v) is 2.48. The average Bonchev–Trinajstić information content (AvgIpc) is 2.46. The summed E-state index contributed by atoms with van der Waals surface area (Å²) in [6, 6.07) is 0.988. The van der Waals surface area contributed by atoms with Crippen LogP contribution >= 0.6 is 0 Å². The molecule has 116 valence electrons. The second kappa shape index (κ2) is 6.03. The number of aromatic nitrogens is 1. The molecule has 1 aromatic heterocycles. The summed E-state index contributed by atoms with van der Waals surface area (Å²) in [4.78, 5) is 16.5. The predicted octanol–water partition coefficient (Wildman–Crippen LogP) is 1.05. The molecule has 0 unspecified atom stereocenters. The first-order valence-electron chi connectivity index (χ1n) is 6.76. The lowest BCUT2D eigenvalue weighted by Crippen LogP contribution is -2.43. The van der Waals surface area contributed by atoms with E-state index < -0.39 is 24.2 Å². The van der Waals surface area contributed by atoms with Gasteiger partial charge in [0.15, 0.2) is 5.67 Å². The molecule has 0 spiro atoms. The number of rotatable bonds is 3. The first-order valence-corrected chi connectivity index (χ1v) is 6.76. The highest BCUT2D eigenvalue weighted by atomic mass is 19.1. The Hall–Kier alpha value is -1.60. The smallest absolute Gasteiger partial charge is 0.219 e. The van der Waals surface area contributed by atoms with Crippen LogP contribution in [-0.4, -0.2) is 45.7 Å². The summed E-state index contributed by atoms with van der Waals surface area (Å²) in [7, 11) is 0. The SMILES string of the molecule is CC(=O)N1CCC(F)(c2ncc([C@H](O)CO)cc2F)CC1. The van der Waals surface area contributed by atoms with Gasteiger partial charge in [0.05, 0.1) is 6.61 Å². The normalized spacial score (nSPS) is 19.4. The summed E-state index contributed by atoms with van der Waals surface area (Å²) in [5.41, 5.74) is -2.12. The van der Waals surface area contributed by atoms with Gasteiger partial charge in [-0.2, -0.15) is 0 Å². The average molecular weight is 300 g/mol. The molecule has 2 N–H and O–H groups in total. The molecule has 21 heavy (non-hydrogen) atoms. The van der Waals surface area contributed by atoms with Crippen LogP contribution in [0, 0.1) is 5.82 Å². The zero-order valence-electron chi connectivity index (χ0n) is 11.7. The molecule has 1 aliphatic rings. The summed E-state index contributed by atoms with van der Waals surface area (Å²) < 4.78 is 28.9. The zero-order chi connectivity index (χ0) is 15.6. The zero-order valence-corrected chi connectivity index (χ0v) is 11.7. The van der Waals surface area contributed by atoms with Gasteiger partial charge in [0, 0.05) is 44.6 Å². The Kier molecular flexibility index (Phi) is 4.53. The molecule has 1 aromatic rings. The predicted molar refractivity (Wildman–Crippen MR) is 70.5 cm³/mol. The Morgan fingerprint density at radius 1 is 1.52 bits per heavy atom. The van der Waals surface area contributed by atoms with Crippen molar-refractivity contribution in [3.05, 3.63) is 29.3 Å². The van der Waals surface area contributed by atoms with Crippen LogP contribution in [-0.2, 0) is 10.5 Å². The molecule has 0 aliphatic carbocycles. The third-order valence-electron chi connectivity index (χ3n) is 3.85. The highest BCUT2D eigenvalue weighted by Crippen LogP contribution is 2.37. The van der Waals surface area contributed by atoms with E-state index in [-0.39, 0.29) is 43.1 Å². The van der Waals surface area contributed by atoms with E-state index in [1.165, 1.54) is 11.8 Å². The van der Waals surface area contributed by atoms with E-state index in [1.54, 1.807) is 0 Å². The Bertz CT molecular complexity index is 531. The second-order valence-electron chi connectivity index (χ2n) is 5.27. The number of hydrogen-bond acceptors (Lipinski definition) is 4. The van der Waals surface area contributed by atoms with Crippen molar-refractivity contribution < 1.29 is 23.8 Å². The number of pyridine rings is 1. The molecule has 1 amide bonds. The van der Waals surface area contributed by atoms with Crippen LogP contribution in [0.25, 0.3) is 0 Å². The lowest BCUT2D eigenvalue weighted by atomic mass is 9.89. The lowest BCUT2D eigenvalue weighted by molar-refractivity contribution is -0.131. The third kappa shape index (κ3) is 3.19. The number of carbonyl (C=O) groups excluding carboxylic acids is 1. The molecule has 2 heterocycles. The quantitative estimate of drug-likeness (QED) is 0.875. The van der Waals surface area contributed by atoms with Gasteiger partial charge >= 0.3 is 0 Å². The Morgan fingerprint density at radius 3 is 2.62 bits per heavy atom. The van der Waals surface area contributed by atoms with Crippen LogP contribution in [0.15, 0.2) is 12.3 Å². The Balaban J connectivity index is 2.20. The monoisotopic (exact) mass is 300 g/mol. The van der Waals surface area contributed by atoms with E-state index in [1.807, 2.05) is 0 Å². The van der Waals surface area contributed by atoms with Crippen LogP contribution in [0.3, 0.4) is 0 Å². The largest absolute Gasteiger partial charge is 0.393 e. The van der Waals surface area contributed by atoms with Gasteiger partial charge in [0.1, 0.15) is 17.6 Å². The third-order valence-corrected chi connectivity index (χ3v) is 3.85. The summed E-state index contributed by atoms with van der Waals surface area (Å²) in [6.07, 6.45) is -0.106. The Labute approximate surface area is 121 Å².